The molecule has 1 amide bonds. The minimum absolute atomic E-state index is 0.209. The lowest BCUT2D eigenvalue weighted by Crippen LogP contribution is -2.51. The van der Waals surface area contributed by atoms with E-state index in [1.165, 1.54) is 4.31 Å². The highest BCUT2D eigenvalue weighted by molar-refractivity contribution is 7.89. The van der Waals surface area contributed by atoms with Crippen molar-refractivity contribution in [2.75, 3.05) is 39.4 Å². The molecule has 1 unspecified atom stereocenters. The lowest BCUT2D eigenvalue weighted by molar-refractivity contribution is 0.0683. The number of hydrogen-bond donors (Lipinski definition) is 1. The van der Waals surface area contributed by atoms with Crippen LogP contribution in [0.2, 0.25) is 5.02 Å². The van der Waals surface area contributed by atoms with Crippen molar-refractivity contribution in [3.05, 3.63) is 23.0 Å². The minimum Gasteiger partial charge on any atom is -0.379 e. The van der Waals surface area contributed by atoms with E-state index >= 15 is 0 Å². The third kappa shape index (κ3) is 3.55. The number of likely N-dealkylation sites (tertiary alicyclic amines) is 1. The topological polar surface area (TPSA) is 82.7 Å². The smallest absolute Gasteiger partial charge is 0.270 e. The van der Waals surface area contributed by atoms with Gasteiger partial charge in [-0.1, -0.05) is 11.6 Å². The van der Waals surface area contributed by atoms with Crippen molar-refractivity contribution < 1.29 is 17.9 Å². The molecule has 1 aromatic heterocycles. The summed E-state index contributed by atoms with van der Waals surface area (Å²) in [6.45, 7) is 2.41. The van der Waals surface area contributed by atoms with Gasteiger partial charge in [0.15, 0.2) is 0 Å². The predicted octanol–water partition coefficient (Wildman–Crippen LogP) is 0.935. The van der Waals surface area contributed by atoms with Gasteiger partial charge in [0, 0.05) is 32.4 Å². The van der Waals surface area contributed by atoms with E-state index in [-0.39, 0.29) is 12.5 Å². The van der Waals surface area contributed by atoms with E-state index < -0.39 is 15.3 Å². The second-order valence-electron chi connectivity index (χ2n) is 5.80. The van der Waals surface area contributed by atoms with Crippen LogP contribution in [0.1, 0.15) is 23.3 Å². The Morgan fingerprint density at radius 2 is 2.04 bits per heavy atom. The first-order valence-electron chi connectivity index (χ1n) is 7.68. The maximum atomic E-state index is 12.8. The highest BCUT2D eigenvalue weighted by Crippen LogP contribution is 2.23. The van der Waals surface area contributed by atoms with Gasteiger partial charge in [-0.25, -0.2) is 8.42 Å². The molecule has 0 saturated carbocycles. The number of piperidine rings is 1. The number of sulfonamides is 1. The van der Waals surface area contributed by atoms with Crippen LogP contribution in [-0.4, -0.2) is 73.2 Å². The largest absolute Gasteiger partial charge is 0.379 e. The van der Waals surface area contributed by atoms with Gasteiger partial charge in [0.25, 0.3) is 5.91 Å². The Balaban J connectivity index is 1.71. The predicted molar refractivity (Wildman–Crippen MR) is 86.0 cm³/mol. The van der Waals surface area contributed by atoms with Gasteiger partial charge in [-0.05, 0) is 18.9 Å². The summed E-state index contributed by atoms with van der Waals surface area (Å²) in [5, 5.41) is -0.0911. The number of aromatic amines is 1. The van der Waals surface area contributed by atoms with Crippen LogP contribution >= 0.6 is 11.6 Å². The Morgan fingerprint density at radius 1 is 1.30 bits per heavy atom. The van der Waals surface area contributed by atoms with E-state index in [4.69, 9.17) is 16.3 Å². The first-order chi connectivity index (χ1) is 11.0. The van der Waals surface area contributed by atoms with E-state index in [0.717, 1.165) is 0 Å². The molecule has 2 saturated heterocycles. The van der Waals surface area contributed by atoms with Gasteiger partial charge in [-0.15, -0.1) is 0 Å². The number of morpholine rings is 1. The Hall–Kier alpha value is -1.09. The molecule has 1 aromatic rings. The van der Waals surface area contributed by atoms with Crippen LogP contribution in [0, 0.1) is 0 Å². The van der Waals surface area contributed by atoms with Gasteiger partial charge in [-0.2, -0.15) is 4.31 Å². The third-order valence-electron chi connectivity index (χ3n) is 4.29. The molecule has 128 valence electrons. The Labute approximate surface area is 140 Å². The molecule has 2 fully saturated rings. The molecule has 23 heavy (non-hydrogen) atoms. The van der Waals surface area contributed by atoms with Gasteiger partial charge >= 0.3 is 0 Å². The number of nitrogens with one attached hydrogen (secondary N) is 1. The summed E-state index contributed by atoms with van der Waals surface area (Å²) in [7, 11) is -3.41. The van der Waals surface area contributed by atoms with Crippen LogP contribution in [0.4, 0.5) is 0 Å². The summed E-state index contributed by atoms with van der Waals surface area (Å²) in [4.78, 5) is 16.9. The van der Waals surface area contributed by atoms with E-state index in [2.05, 4.69) is 4.98 Å². The number of halogens is 1. The molecule has 0 aliphatic carbocycles. The summed E-state index contributed by atoms with van der Waals surface area (Å²) < 4.78 is 32.2. The first kappa shape index (κ1) is 16.8. The molecule has 7 nitrogen and oxygen atoms in total. The molecule has 9 heteroatoms. The fourth-order valence-electron chi connectivity index (χ4n) is 3.04. The van der Waals surface area contributed by atoms with E-state index in [1.54, 1.807) is 17.2 Å². The standard InChI is InChI=1S/C14H20ClN3O4S/c15-11-8-13(16-9-11)14(19)17-3-1-2-12(10-17)23(20,21)18-4-6-22-7-5-18/h8-9,12,16H,1-7,10H2. The molecule has 0 bridgehead atoms. The second kappa shape index (κ2) is 6.80. The van der Waals surface area contributed by atoms with Crippen molar-refractivity contribution in [2.24, 2.45) is 0 Å². The molecule has 3 rings (SSSR count). The van der Waals surface area contributed by atoms with E-state index in [1.807, 2.05) is 0 Å². The second-order valence-corrected chi connectivity index (χ2v) is 8.45. The van der Waals surface area contributed by atoms with Gasteiger partial charge in [-0.3, -0.25) is 4.79 Å². The maximum absolute atomic E-state index is 12.8. The lowest BCUT2D eigenvalue weighted by Gasteiger charge is -2.36. The number of carbonyl (C=O) groups is 1. The molecule has 3 heterocycles. The Kier molecular flexibility index (Phi) is 4.96. The number of hydrogen-bond acceptors (Lipinski definition) is 4. The molecule has 0 radical (unpaired) electrons. The molecule has 0 aromatic carbocycles. The minimum atomic E-state index is -3.41. The summed E-state index contributed by atoms with van der Waals surface area (Å²) >= 11 is 5.83. The van der Waals surface area contributed by atoms with Crippen molar-refractivity contribution in [2.45, 2.75) is 18.1 Å². The van der Waals surface area contributed by atoms with Crippen molar-refractivity contribution >= 4 is 27.5 Å². The summed E-state index contributed by atoms with van der Waals surface area (Å²) in [6.07, 6.45) is 2.80. The average Bonchev–Trinajstić information content (AvgIpc) is 3.01. The normalized spacial score (nSPS) is 23.9. The van der Waals surface area contributed by atoms with Crippen LogP contribution in [0.25, 0.3) is 0 Å². The highest BCUT2D eigenvalue weighted by atomic mass is 35.5. The van der Waals surface area contributed by atoms with Crippen LogP contribution in [0.5, 0.6) is 0 Å². The molecular formula is C14H20ClN3O4S. The van der Waals surface area contributed by atoms with Gasteiger partial charge in [0.05, 0.1) is 23.5 Å². The Bertz CT molecular complexity index is 669. The fourth-order valence-corrected chi connectivity index (χ4v) is 5.12. The van der Waals surface area contributed by atoms with Crippen molar-refractivity contribution in [1.29, 1.82) is 0 Å². The lowest BCUT2D eigenvalue weighted by atomic mass is 10.1. The zero-order valence-corrected chi connectivity index (χ0v) is 14.3. The zero-order chi connectivity index (χ0) is 16.4. The van der Waals surface area contributed by atoms with Crippen LogP contribution < -0.4 is 0 Å². The number of carbonyl (C=O) groups excluding carboxylic acids is 1. The summed E-state index contributed by atoms with van der Waals surface area (Å²) in [5.74, 6) is -0.209. The number of aromatic nitrogens is 1. The SMILES string of the molecule is O=C(c1cc(Cl)c[nH]1)N1CCCC(S(=O)(=O)N2CCOCC2)C1. The molecule has 2 aliphatic rings. The molecule has 1 N–H and O–H groups in total. The number of amides is 1. The van der Waals surface area contributed by atoms with Gasteiger partial charge < -0.3 is 14.6 Å². The third-order valence-corrected chi connectivity index (χ3v) is 6.83. The van der Waals surface area contributed by atoms with Crippen molar-refractivity contribution in [3.8, 4) is 0 Å². The quantitative estimate of drug-likeness (QED) is 0.868. The monoisotopic (exact) mass is 361 g/mol. The van der Waals surface area contributed by atoms with E-state index in [0.29, 0.717) is 56.4 Å². The van der Waals surface area contributed by atoms with Crippen molar-refractivity contribution in [3.63, 3.8) is 0 Å². The Morgan fingerprint density at radius 3 is 2.70 bits per heavy atom. The molecule has 2 aliphatic heterocycles. The average molecular weight is 362 g/mol. The molecule has 0 spiro atoms. The summed E-state index contributed by atoms with van der Waals surface area (Å²) in [6, 6.07) is 1.56. The fraction of sp³-hybridized carbons (Fsp3) is 0.643. The number of ether oxygens (including phenoxy) is 1. The van der Waals surface area contributed by atoms with Crippen LogP contribution in [-0.2, 0) is 14.8 Å². The number of H-pyrrole nitrogens is 1. The van der Waals surface area contributed by atoms with Crippen LogP contribution in [0.3, 0.4) is 0 Å². The maximum Gasteiger partial charge on any atom is 0.270 e. The van der Waals surface area contributed by atoms with E-state index in [9.17, 15) is 13.2 Å². The summed E-state index contributed by atoms with van der Waals surface area (Å²) in [5.41, 5.74) is 0.388. The van der Waals surface area contributed by atoms with Gasteiger partial charge in [0.2, 0.25) is 10.0 Å². The first-order valence-corrected chi connectivity index (χ1v) is 9.56. The molecular weight excluding hydrogens is 342 g/mol. The van der Waals surface area contributed by atoms with Crippen LogP contribution in [0.15, 0.2) is 12.3 Å². The number of nitrogens with zero attached hydrogens (tertiary/aromatic N) is 2. The van der Waals surface area contributed by atoms with Crippen molar-refractivity contribution in [1.82, 2.24) is 14.2 Å². The molecule has 1 atom stereocenters. The zero-order valence-electron chi connectivity index (χ0n) is 12.7. The number of rotatable bonds is 3. The van der Waals surface area contributed by atoms with Gasteiger partial charge in [0.1, 0.15) is 5.69 Å². The highest BCUT2D eigenvalue weighted by Gasteiger charge is 2.37.